The molecule has 2 amide bonds. The van der Waals surface area contributed by atoms with Gasteiger partial charge in [0.15, 0.2) is 0 Å². The van der Waals surface area contributed by atoms with Gasteiger partial charge in [0.05, 0.1) is 12.0 Å². The quantitative estimate of drug-likeness (QED) is 0.666. The van der Waals surface area contributed by atoms with Gasteiger partial charge < -0.3 is 20.1 Å². The summed E-state index contributed by atoms with van der Waals surface area (Å²) in [4.78, 5) is 25.1. The van der Waals surface area contributed by atoms with Crippen molar-refractivity contribution in [2.75, 3.05) is 32.8 Å². The van der Waals surface area contributed by atoms with Crippen molar-refractivity contribution in [3.8, 4) is 0 Å². The van der Waals surface area contributed by atoms with Gasteiger partial charge in [-0.15, -0.1) is 0 Å². The van der Waals surface area contributed by atoms with E-state index >= 15 is 0 Å². The number of nitrogens with zero attached hydrogens (tertiary/aromatic N) is 1. The molecule has 116 valence electrons. The Labute approximate surface area is 120 Å². The molecule has 0 spiro atoms. The largest absolute Gasteiger partial charge is 0.481 e. The van der Waals surface area contributed by atoms with Crippen molar-refractivity contribution in [2.24, 2.45) is 5.41 Å². The first-order chi connectivity index (χ1) is 9.55. The lowest BCUT2D eigenvalue weighted by molar-refractivity contribution is -0.148. The Morgan fingerprint density at radius 1 is 1.30 bits per heavy atom. The van der Waals surface area contributed by atoms with Crippen molar-refractivity contribution in [1.82, 2.24) is 10.2 Å². The van der Waals surface area contributed by atoms with E-state index in [9.17, 15) is 14.7 Å². The van der Waals surface area contributed by atoms with E-state index in [1.807, 2.05) is 13.8 Å². The maximum atomic E-state index is 12.1. The topological polar surface area (TPSA) is 78.9 Å². The average Bonchev–Trinajstić information content (AvgIpc) is 2.91. The Balaban J connectivity index is 2.45. The molecule has 1 fully saturated rings. The summed E-state index contributed by atoms with van der Waals surface area (Å²) in [5, 5.41) is 12.1. The van der Waals surface area contributed by atoms with Crippen LogP contribution in [0.4, 0.5) is 4.79 Å². The number of likely N-dealkylation sites (N-methyl/N-ethyl adjacent to an activating group) is 1. The smallest absolute Gasteiger partial charge is 0.317 e. The number of carbonyl (C=O) groups excluding carboxylic acids is 1. The molecule has 0 radical (unpaired) electrons. The molecule has 6 heteroatoms. The van der Waals surface area contributed by atoms with E-state index in [0.29, 0.717) is 39.1 Å². The van der Waals surface area contributed by atoms with E-state index in [1.165, 1.54) is 0 Å². The summed E-state index contributed by atoms with van der Waals surface area (Å²) in [6, 6.07) is -0.209. The van der Waals surface area contributed by atoms with E-state index in [-0.39, 0.29) is 12.6 Å². The van der Waals surface area contributed by atoms with Gasteiger partial charge in [0.1, 0.15) is 0 Å². The van der Waals surface area contributed by atoms with Crippen LogP contribution in [0, 0.1) is 5.41 Å². The zero-order chi connectivity index (χ0) is 15.0. The molecule has 0 unspecified atom stereocenters. The molecule has 1 rings (SSSR count). The first kappa shape index (κ1) is 16.8. The minimum Gasteiger partial charge on any atom is -0.481 e. The number of aliphatic carboxylic acids is 1. The molecule has 20 heavy (non-hydrogen) atoms. The highest BCUT2D eigenvalue weighted by atomic mass is 16.5. The van der Waals surface area contributed by atoms with E-state index in [4.69, 9.17) is 4.74 Å². The standard InChI is InChI=1S/C14H26N2O4/c1-3-16(9-10-20-4-2)13(19)15-11-14(12(17)18)7-5-6-8-14/h3-11H2,1-2H3,(H,15,19)(H,17,18). The van der Waals surface area contributed by atoms with Crippen molar-refractivity contribution in [3.05, 3.63) is 0 Å². The molecule has 6 nitrogen and oxygen atoms in total. The summed E-state index contributed by atoms with van der Waals surface area (Å²) >= 11 is 0. The van der Waals surface area contributed by atoms with Crippen LogP contribution in [0.25, 0.3) is 0 Å². The van der Waals surface area contributed by atoms with Gasteiger partial charge in [-0.05, 0) is 26.7 Å². The third kappa shape index (κ3) is 4.37. The van der Waals surface area contributed by atoms with Gasteiger partial charge in [0.2, 0.25) is 0 Å². The van der Waals surface area contributed by atoms with Gasteiger partial charge >= 0.3 is 12.0 Å². The first-order valence-electron chi connectivity index (χ1n) is 7.39. The number of carbonyl (C=O) groups is 2. The first-order valence-corrected chi connectivity index (χ1v) is 7.39. The molecule has 2 N–H and O–H groups in total. The lowest BCUT2D eigenvalue weighted by Crippen LogP contribution is -2.47. The Bertz CT molecular complexity index is 327. The second-order valence-electron chi connectivity index (χ2n) is 5.23. The van der Waals surface area contributed by atoms with Crippen molar-refractivity contribution in [1.29, 1.82) is 0 Å². The molecule has 0 aromatic carbocycles. The van der Waals surface area contributed by atoms with E-state index in [1.54, 1.807) is 4.90 Å². The molecular formula is C14H26N2O4. The zero-order valence-electron chi connectivity index (χ0n) is 12.5. The van der Waals surface area contributed by atoms with Gasteiger partial charge in [-0.1, -0.05) is 12.8 Å². The summed E-state index contributed by atoms with van der Waals surface area (Å²) in [6.45, 7) is 6.26. The molecule has 1 saturated carbocycles. The zero-order valence-corrected chi connectivity index (χ0v) is 12.5. The molecular weight excluding hydrogens is 260 g/mol. The summed E-state index contributed by atoms with van der Waals surface area (Å²) in [5.74, 6) is -0.798. The average molecular weight is 286 g/mol. The molecule has 1 aliphatic rings. The maximum Gasteiger partial charge on any atom is 0.317 e. The number of amides is 2. The minimum absolute atomic E-state index is 0.209. The summed E-state index contributed by atoms with van der Waals surface area (Å²) in [5.41, 5.74) is -0.769. The predicted molar refractivity (Wildman–Crippen MR) is 75.7 cm³/mol. The van der Waals surface area contributed by atoms with Gasteiger partial charge in [-0.2, -0.15) is 0 Å². The number of urea groups is 1. The van der Waals surface area contributed by atoms with Gasteiger partial charge in [0.25, 0.3) is 0 Å². The molecule has 0 aliphatic heterocycles. The number of ether oxygens (including phenoxy) is 1. The summed E-state index contributed by atoms with van der Waals surface area (Å²) in [7, 11) is 0. The van der Waals surface area contributed by atoms with E-state index in [0.717, 1.165) is 12.8 Å². The highest BCUT2D eigenvalue weighted by molar-refractivity contribution is 5.78. The summed E-state index contributed by atoms with van der Waals surface area (Å²) in [6.07, 6.45) is 3.13. The third-order valence-electron chi connectivity index (χ3n) is 3.97. The van der Waals surface area contributed by atoms with Gasteiger partial charge in [0, 0.05) is 26.2 Å². The number of hydrogen-bond donors (Lipinski definition) is 2. The number of carboxylic acid groups (broad SMARTS) is 1. The van der Waals surface area contributed by atoms with Crippen LogP contribution < -0.4 is 5.32 Å². The van der Waals surface area contributed by atoms with Gasteiger partial charge in [-0.25, -0.2) is 4.79 Å². The lowest BCUT2D eigenvalue weighted by atomic mass is 9.86. The van der Waals surface area contributed by atoms with Crippen LogP contribution in [0.2, 0.25) is 0 Å². The van der Waals surface area contributed by atoms with Gasteiger partial charge in [-0.3, -0.25) is 4.79 Å². The molecule has 0 aromatic heterocycles. The van der Waals surface area contributed by atoms with Crippen molar-refractivity contribution >= 4 is 12.0 Å². The Hall–Kier alpha value is -1.30. The highest BCUT2D eigenvalue weighted by Crippen LogP contribution is 2.37. The van der Waals surface area contributed by atoms with Crippen LogP contribution in [0.1, 0.15) is 39.5 Å². The van der Waals surface area contributed by atoms with Crippen LogP contribution in [0.5, 0.6) is 0 Å². The molecule has 0 heterocycles. The fourth-order valence-electron chi connectivity index (χ4n) is 2.60. The monoisotopic (exact) mass is 286 g/mol. The third-order valence-corrected chi connectivity index (χ3v) is 3.97. The number of carboxylic acids is 1. The Morgan fingerprint density at radius 2 is 1.95 bits per heavy atom. The Morgan fingerprint density at radius 3 is 2.45 bits per heavy atom. The van der Waals surface area contributed by atoms with Crippen molar-refractivity contribution in [3.63, 3.8) is 0 Å². The van der Waals surface area contributed by atoms with Crippen LogP contribution >= 0.6 is 0 Å². The number of rotatable bonds is 8. The van der Waals surface area contributed by atoms with Crippen molar-refractivity contribution in [2.45, 2.75) is 39.5 Å². The predicted octanol–water partition coefficient (Wildman–Crippen LogP) is 1.70. The van der Waals surface area contributed by atoms with Crippen LogP contribution in [0.15, 0.2) is 0 Å². The van der Waals surface area contributed by atoms with Crippen molar-refractivity contribution < 1.29 is 19.4 Å². The fourth-order valence-corrected chi connectivity index (χ4v) is 2.60. The molecule has 0 aromatic rings. The second kappa shape index (κ2) is 8.09. The van der Waals surface area contributed by atoms with E-state index in [2.05, 4.69) is 5.32 Å². The normalized spacial score (nSPS) is 16.9. The molecule has 0 saturated heterocycles. The second-order valence-corrected chi connectivity index (χ2v) is 5.23. The van der Waals surface area contributed by atoms with E-state index < -0.39 is 11.4 Å². The number of hydrogen-bond acceptors (Lipinski definition) is 3. The maximum absolute atomic E-state index is 12.1. The number of nitrogens with one attached hydrogen (secondary N) is 1. The molecule has 1 aliphatic carbocycles. The Kier molecular flexibility index (Phi) is 6.78. The van der Waals surface area contributed by atoms with Crippen LogP contribution in [0.3, 0.4) is 0 Å². The highest BCUT2D eigenvalue weighted by Gasteiger charge is 2.41. The summed E-state index contributed by atoms with van der Waals surface area (Å²) < 4.78 is 5.24. The minimum atomic E-state index is -0.798. The SMILES string of the molecule is CCOCCN(CC)C(=O)NCC1(C(=O)O)CCCC1. The van der Waals surface area contributed by atoms with Crippen LogP contribution in [-0.2, 0) is 9.53 Å². The van der Waals surface area contributed by atoms with Crippen LogP contribution in [-0.4, -0.2) is 54.9 Å². The fraction of sp³-hybridized carbons (Fsp3) is 0.857. The lowest BCUT2D eigenvalue weighted by Gasteiger charge is -2.27. The molecule has 0 bridgehead atoms. The molecule has 0 atom stereocenters.